The zero-order valence-corrected chi connectivity index (χ0v) is 22.1. The Morgan fingerprint density at radius 3 is 1.18 bits per heavy atom. The highest BCUT2D eigenvalue weighted by Crippen LogP contribution is 2.66. The molecule has 1 fully saturated rings. The Morgan fingerprint density at radius 1 is 0.477 bits per heavy atom. The molecular weight excluding hydrogens is 661 g/mol. The average molecular weight is 684 g/mol. The molecule has 256 valence electrons. The van der Waals surface area contributed by atoms with Crippen LogP contribution in [-0.4, -0.2) is 47.6 Å². The molecule has 1 saturated carbocycles. The van der Waals surface area contributed by atoms with E-state index >= 15 is 0 Å². The number of hydrogen-bond donors (Lipinski definition) is 0. The van der Waals surface area contributed by atoms with Gasteiger partial charge in [0.1, 0.15) is 0 Å². The van der Waals surface area contributed by atoms with Crippen LogP contribution in [0.1, 0.15) is 56.6 Å². The molecule has 1 aliphatic carbocycles. The van der Waals surface area contributed by atoms with E-state index < -0.39 is 59.1 Å². The highest BCUT2D eigenvalue weighted by molar-refractivity contribution is 5.30. The van der Waals surface area contributed by atoms with Crippen LogP contribution in [0.25, 0.3) is 0 Å². The van der Waals surface area contributed by atoms with Crippen molar-refractivity contribution in [3.63, 3.8) is 0 Å². The third-order valence-corrected chi connectivity index (χ3v) is 7.82. The smallest absolute Gasteiger partial charge is 0.194 e. The Kier molecular flexibility index (Phi) is 10.0. The van der Waals surface area contributed by atoms with Crippen LogP contribution in [-0.2, 0) is 12.3 Å². The first kappa shape index (κ1) is 38.1. The molecule has 0 nitrogen and oxygen atoms in total. The van der Waals surface area contributed by atoms with Crippen molar-refractivity contribution in [1.82, 2.24) is 0 Å². The Labute approximate surface area is 237 Å². The highest BCUT2D eigenvalue weighted by Gasteiger charge is 2.96. The van der Waals surface area contributed by atoms with Gasteiger partial charge in [-0.2, -0.15) is 83.4 Å². The van der Waals surface area contributed by atoms with Gasteiger partial charge in [0.25, 0.3) is 0 Å². The molecule has 0 atom stereocenters. The summed E-state index contributed by atoms with van der Waals surface area (Å²) in [5, 5.41) is 0. The maximum atomic E-state index is 14.5. The van der Waals surface area contributed by atoms with Gasteiger partial charge in [-0.1, -0.05) is 63.3 Å². The van der Waals surface area contributed by atoms with E-state index in [1.54, 1.807) is 0 Å². The van der Waals surface area contributed by atoms with Gasteiger partial charge in [0.15, 0.2) is 0 Å². The van der Waals surface area contributed by atoms with Crippen molar-refractivity contribution in [1.29, 1.82) is 0 Å². The summed E-state index contributed by atoms with van der Waals surface area (Å²) in [6, 6.07) is 1.26. The Hall–Kier alpha value is -2.11. The quantitative estimate of drug-likeness (QED) is 0.192. The molecule has 0 aromatic heterocycles. The summed E-state index contributed by atoms with van der Waals surface area (Å²) in [5.41, 5.74) is -2.13. The molecule has 0 radical (unpaired) electrons. The maximum absolute atomic E-state index is 14.5. The van der Waals surface area contributed by atoms with Gasteiger partial charge in [0.2, 0.25) is 0 Å². The minimum absolute atomic E-state index is 0.0176. The first-order valence-electron chi connectivity index (χ1n) is 12.7. The molecule has 0 heterocycles. The Balaban J connectivity index is 2.40. The van der Waals surface area contributed by atoms with E-state index in [0.717, 1.165) is 32.1 Å². The van der Waals surface area contributed by atoms with E-state index in [9.17, 15) is 83.4 Å². The largest absolute Gasteiger partial charge is 0.460 e. The minimum atomic E-state index is -8.92. The minimum Gasteiger partial charge on any atom is -0.194 e. The lowest BCUT2D eigenvalue weighted by atomic mass is 9.78. The van der Waals surface area contributed by atoms with E-state index in [1.165, 1.54) is 0 Å². The molecule has 0 N–H and O–H groups in total. The lowest BCUT2D eigenvalue weighted by Gasteiger charge is -2.43. The molecule has 0 aliphatic heterocycles. The van der Waals surface area contributed by atoms with Crippen LogP contribution in [0.3, 0.4) is 0 Å². The zero-order chi connectivity index (χ0) is 34.6. The van der Waals surface area contributed by atoms with Gasteiger partial charge in [-0.15, -0.1) is 0 Å². The van der Waals surface area contributed by atoms with Gasteiger partial charge in [0.05, 0.1) is 0 Å². The van der Waals surface area contributed by atoms with Crippen molar-refractivity contribution < 1.29 is 83.4 Å². The van der Waals surface area contributed by atoms with E-state index in [2.05, 4.69) is 0 Å². The summed E-state index contributed by atoms with van der Waals surface area (Å²) in [7, 11) is 0. The van der Waals surface area contributed by atoms with Crippen molar-refractivity contribution >= 4 is 0 Å². The SMILES string of the molecule is CC[C@H]1CC[C@H](CCc2ccc(C(F)(F)C(F)(F)C(F)(F)C(F)(F)C(F)(F)C(F)(F)C(F)(F)C(F)(F)C(F)(F)F)cc2)CC1. The Bertz CT molecular complexity index is 1110. The molecule has 1 aliphatic rings. The van der Waals surface area contributed by atoms with Crippen molar-refractivity contribution in [2.75, 3.05) is 0 Å². The van der Waals surface area contributed by atoms with E-state index in [4.69, 9.17) is 0 Å². The second-order valence-electron chi connectivity index (χ2n) is 10.6. The molecular formula is C25H23F19. The fraction of sp³-hybridized carbons (Fsp3) is 0.760. The molecule has 1 aromatic carbocycles. The zero-order valence-electron chi connectivity index (χ0n) is 22.1. The third kappa shape index (κ3) is 5.70. The van der Waals surface area contributed by atoms with Crippen LogP contribution >= 0.6 is 0 Å². The first-order chi connectivity index (χ1) is 19.5. The topological polar surface area (TPSA) is 0 Å². The summed E-state index contributed by atoms with van der Waals surface area (Å²) in [6.45, 7) is 2.00. The molecule has 0 spiro atoms. The highest BCUT2D eigenvalue weighted by atomic mass is 19.4. The molecule has 1 aromatic rings. The van der Waals surface area contributed by atoms with Gasteiger partial charge in [-0.05, 0) is 30.2 Å². The van der Waals surface area contributed by atoms with Gasteiger partial charge >= 0.3 is 53.6 Å². The van der Waals surface area contributed by atoms with Crippen LogP contribution in [0.2, 0.25) is 0 Å². The number of halogens is 19. The van der Waals surface area contributed by atoms with Crippen LogP contribution < -0.4 is 0 Å². The maximum Gasteiger partial charge on any atom is 0.460 e. The number of aryl methyl sites for hydroxylation is 1. The van der Waals surface area contributed by atoms with Crippen LogP contribution in [0.5, 0.6) is 0 Å². The number of alkyl halides is 19. The lowest BCUT2D eigenvalue weighted by Crippen LogP contribution is -2.75. The number of benzene rings is 1. The van der Waals surface area contributed by atoms with Gasteiger partial charge < -0.3 is 0 Å². The molecule has 44 heavy (non-hydrogen) atoms. The summed E-state index contributed by atoms with van der Waals surface area (Å²) in [5.74, 6) is -65.9. The fourth-order valence-corrected chi connectivity index (χ4v) is 4.72. The molecule has 0 amide bonds. The fourth-order valence-electron chi connectivity index (χ4n) is 4.72. The van der Waals surface area contributed by atoms with E-state index in [-0.39, 0.29) is 30.0 Å². The van der Waals surface area contributed by atoms with Gasteiger partial charge in [-0.25, -0.2) is 0 Å². The molecule has 0 saturated heterocycles. The van der Waals surface area contributed by atoms with Gasteiger partial charge in [0, 0.05) is 5.56 Å². The molecule has 19 heteroatoms. The lowest BCUT2D eigenvalue weighted by molar-refractivity contribution is -0.469. The van der Waals surface area contributed by atoms with Crippen LogP contribution in [0.15, 0.2) is 24.3 Å². The average Bonchev–Trinajstić information content (AvgIpc) is 2.91. The van der Waals surface area contributed by atoms with Crippen molar-refractivity contribution in [3.8, 4) is 0 Å². The van der Waals surface area contributed by atoms with E-state index in [1.807, 2.05) is 6.92 Å². The first-order valence-corrected chi connectivity index (χ1v) is 12.7. The molecule has 0 unspecified atom stereocenters. The standard InChI is InChI=1S/C25H23F19/c1-2-13-3-5-14(6-4-13)7-8-15-9-11-16(12-10-15)17(26,27)18(28,29)19(30,31)20(32,33)21(34,35)22(36,37)23(38,39)24(40,41)25(42,43)44/h9-14H,2-8H2,1H3/t13-,14-. The molecule has 2 rings (SSSR count). The molecule has 0 bridgehead atoms. The van der Waals surface area contributed by atoms with Crippen molar-refractivity contribution in [2.24, 2.45) is 11.8 Å². The summed E-state index contributed by atoms with van der Waals surface area (Å²) in [4.78, 5) is 0. The monoisotopic (exact) mass is 684 g/mol. The van der Waals surface area contributed by atoms with Gasteiger partial charge in [-0.3, -0.25) is 0 Å². The number of hydrogen-bond acceptors (Lipinski definition) is 0. The second-order valence-corrected chi connectivity index (χ2v) is 10.6. The van der Waals surface area contributed by atoms with Crippen molar-refractivity contribution in [3.05, 3.63) is 35.4 Å². The summed E-state index contributed by atoms with van der Waals surface area (Å²) >= 11 is 0. The Morgan fingerprint density at radius 2 is 0.818 bits per heavy atom. The summed E-state index contributed by atoms with van der Waals surface area (Å²) < 4.78 is 257. The predicted molar refractivity (Wildman–Crippen MR) is 115 cm³/mol. The van der Waals surface area contributed by atoms with Crippen LogP contribution in [0, 0.1) is 11.8 Å². The normalized spacial score (nSPS) is 20.6. The van der Waals surface area contributed by atoms with Crippen molar-refractivity contribution in [2.45, 2.75) is 105 Å². The second kappa shape index (κ2) is 11.6. The predicted octanol–water partition coefficient (Wildman–Crippen LogP) is 10.9. The number of rotatable bonds is 12. The summed E-state index contributed by atoms with van der Waals surface area (Å²) in [6.07, 6.45) is -2.89. The third-order valence-electron chi connectivity index (χ3n) is 7.82. The van der Waals surface area contributed by atoms with E-state index in [0.29, 0.717) is 24.5 Å². The van der Waals surface area contributed by atoms with Crippen LogP contribution in [0.4, 0.5) is 83.4 Å².